The van der Waals surface area contributed by atoms with Gasteiger partial charge >= 0.3 is 0 Å². The van der Waals surface area contributed by atoms with E-state index in [-0.39, 0.29) is 6.04 Å². The molecule has 2 aliphatic rings. The van der Waals surface area contributed by atoms with Gasteiger partial charge in [0, 0.05) is 19.1 Å². The van der Waals surface area contributed by atoms with Crippen LogP contribution in [0.3, 0.4) is 0 Å². The van der Waals surface area contributed by atoms with Crippen molar-refractivity contribution in [1.29, 1.82) is 0 Å². The van der Waals surface area contributed by atoms with Crippen molar-refractivity contribution < 1.29 is 13.5 Å². The first kappa shape index (κ1) is 12.3. The molecule has 1 heterocycles. The van der Waals surface area contributed by atoms with E-state index in [1.165, 1.54) is 4.31 Å². The quantitative estimate of drug-likeness (QED) is 0.750. The fourth-order valence-electron chi connectivity index (χ4n) is 2.44. The lowest BCUT2D eigenvalue weighted by atomic mass is 9.93. The first-order chi connectivity index (χ1) is 7.59. The lowest BCUT2D eigenvalue weighted by molar-refractivity contribution is 0.100. The Hall–Kier alpha value is -0.170. The molecule has 1 saturated carbocycles. The van der Waals surface area contributed by atoms with Gasteiger partial charge in [0.05, 0.1) is 6.10 Å². The highest BCUT2D eigenvalue weighted by atomic mass is 32.2. The second-order valence-corrected chi connectivity index (χ2v) is 6.39. The molecule has 0 aromatic heterocycles. The van der Waals surface area contributed by atoms with Gasteiger partial charge in [-0.15, -0.1) is 0 Å². The molecule has 0 aromatic carbocycles. The van der Waals surface area contributed by atoms with Crippen LogP contribution >= 0.6 is 0 Å². The van der Waals surface area contributed by atoms with Crippen molar-refractivity contribution in [2.75, 3.05) is 13.1 Å². The molecule has 2 N–H and O–H groups in total. The van der Waals surface area contributed by atoms with Gasteiger partial charge in [-0.2, -0.15) is 17.4 Å². The number of hydrogen-bond acceptors (Lipinski definition) is 3. The number of nitrogens with zero attached hydrogens (tertiary/aromatic N) is 1. The third kappa shape index (κ3) is 2.74. The monoisotopic (exact) mass is 248 g/mol. The maximum Gasteiger partial charge on any atom is 0.279 e. The molecule has 6 heteroatoms. The van der Waals surface area contributed by atoms with E-state index in [0.29, 0.717) is 19.5 Å². The van der Waals surface area contributed by atoms with Crippen LogP contribution in [-0.4, -0.2) is 43.1 Å². The Morgan fingerprint density at radius 3 is 2.31 bits per heavy atom. The molecule has 2 fully saturated rings. The molecule has 2 rings (SSSR count). The van der Waals surface area contributed by atoms with Crippen LogP contribution in [0.15, 0.2) is 0 Å². The number of nitrogens with one attached hydrogen (secondary N) is 1. The molecular formula is C10H20N2O3S. The van der Waals surface area contributed by atoms with Crippen LogP contribution < -0.4 is 4.72 Å². The zero-order valence-electron chi connectivity index (χ0n) is 9.43. The number of hydrogen-bond donors (Lipinski definition) is 2. The van der Waals surface area contributed by atoms with Crippen molar-refractivity contribution in [2.24, 2.45) is 0 Å². The molecule has 94 valence electrons. The van der Waals surface area contributed by atoms with Gasteiger partial charge in [-0.3, -0.25) is 0 Å². The average molecular weight is 248 g/mol. The SMILES string of the molecule is O=S(=O)(NC1CCCCC1O)N1CCCC1. The maximum atomic E-state index is 12.0. The van der Waals surface area contributed by atoms with E-state index in [1.807, 2.05) is 0 Å². The van der Waals surface area contributed by atoms with Crippen LogP contribution in [0.2, 0.25) is 0 Å². The van der Waals surface area contributed by atoms with Crippen LogP contribution in [0.4, 0.5) is 0 Å². The molecule has 0 radical (unpaired) electrons. The van der Waals surface area contributed by atoms with Crippen LogP contribution in [0.5, 0.6) is 0 Å². The minimum atomic E-state index is -3.37. The first-order valence-electron chi connectivity index (χ1n) is 6.05. The summed E-state index contributed by atoms with van der Waals surface area (Å²) in [6.45, 7) is 1.22. The van der Waals surface area contributed by atoms with E-state index < -0.39 is 16.3 Å². The average Bonchev–Trinajstić information content (AvgIpc) is 2.75. The Bertz CT molecular complexity index is 325. The van der Waals surface area contributed by atoms with E-state index in [4.69, 9.17) is 0 Å². The van der Waals surface area contributed by atoms with Crippen molar-refractivity contribution in [3.05, 3.63) is 0 Å². The van der Waals surface area contributed by atoms with Crippen LogP contribution in [0.25, 0.3) is 0 Å². The fourth-order valence-corrected chi connectivity index (χ4v) is 3.99. The highest BCUT2D eigenvalue weighted by Crippen LogP contribution is 2.20. The van der Waals surface area contributed by atoms with Crippen molar-refractivity contribution in [3.8, 4) is 0 Å². The molecule has 2 unspecified atom stereocenters. The Morgan fingerprint density at radius 1 is 1.06 bits per heavy atom. The topological polar surface area (TPSA) is 69.6 Å². The highest BCUT2D eigenvalue weighted by molar-refractivity contribution is 7.87. The Labute approximate surface area is 97.0 Å². The van der Waals surface area contributed by atoms with Crippen molar-refractivity contribution in [2.45, 2.75) is 50.7 Å². The van der Waals surface area contributed by atoms with Gasteiger partial charge in [-0.1, -0.05) is 12.8 Å². The van der Waals surface area contributed by atoms with E-state index in [2.05, 4.69) is 4.72 Å². The minimum absolute atomic E-state index is 0.292. The van der Waals surface area contributed by atoms with E-state index in [1.54, 1.807) is 0 Å². The second-order valence-electron chi connectivity index (χ2n) is 4.69. The van der Waals surface area contributed by atoms with E-state index in [9.17, 15) is 13.5 Å². The van der Waals surface area contributed by atoms with Gasteiger partial charge in [0.1, 0.15) is 0 Å². The molecular weight excluding hydrogens is 228 g/mol. The Kier molecular flexibility index (Phi) is 3.84. The molecule has 1 aliphatic carbocycles. The fraction of sp³-hybridized carbons (Fsp3) is 1.00. The van der Waals surface area contributed by atoms with E-state index in [0.717, 1.165) is 32.1 Å². The standard InChI is InChI=1S/C10H20N2O3S/c13-10-6-2-1-5-9(10)11-16(14,15)12-7-3-4-8-12/h9-11,13H,1-8H2. The molecule has 1 aliphatic heterocycles. The number of aliphatic hydroxyl groups excluding tert-OH is 1. The smallest absolute Gasteiger partial charge is 0.279 e. The lowest BCUT2D eigenvalue weighted by Gasteiger charge is -2.29. The molecule has 0 bridgehead atoms. The largest absolute Gasteiger partial charge is 0.391 e. The first-order valence-corrected chi connectivity index (χ1v) is 7.49. The van der Waals surface area contributed by atoms with Gasteiger partial charge < -0.3 is 5.11 Å². The lowest BCUT2D eigenvalue weighted by Crippen LogP contribution is -2.49. The number of aliphatic hydroxyl groups is 1. The van der Waals surface area contributed by atoms with Gasteiger partial charge in [0.25, 0.3) is 10.2 Å². The summed E-state index contributed by atoms with van der Waals surface area (Å²) in [6, 6.07) is -0.292. The second kappa shape index (κ2) is 5.00. The van der Waals surface area contributed by atoms with Crippen molar-refractivity contribution >= 4 is 10.2 Å². The minimum Gasteiger partial charge on any atom is -0.391 e. The molecule has 5 nitrogen and oxygen atoms in total. The van der Waals surface area contributed by atoms with Gasteiger partial charge in [-0.05, 0) is 25.7 Å². The van der Waals surface area contributed by atoms with Gasteiger partial charge in [0.15, 0.2) is 0 Å². The highest BCUT2D eigenvalue weighted by Gasteiger charge is 2.31. The molecule has 16 heavy (non-hydrogen) atoms. The van der Waals surface area contributed by atoms with Crippen LogP contribution in [-0.2, 0) is 10.2 Å². The Balaban J connectivity index is 1.96. The zero-order chi connectivity index (χ0) is 11.6. The molecule has 0 amide bonds. The van der Waals surface area contributed by atoms with Gasteiger partial charge in [0.2, 0.25) is 0 Å². The summed E-state index contributed by atoms with van der Waals surface area (Å²) >= 11 is 0. The summed E-state index contributed by atoms with van der Waals surface area (Å²) in [6.07, 6.45) is 4.78. The molecule has 2 atom stereocenters. The zero-order valence-corrected chi connectivity index (χ0v) is 10.2. The van der Waals surface area contributed by atoms with E-state index >= 15 is 0 Å². The summed E-state index contributed by atoms with van der Waals surface area (Å²) in [5, 5.41) is 9.73. The van der Waals surface area contributed by atoms with Crippen LogP contribution in [0, 0.1) is 0 Å². The number of rotatable bonds is 3. The third-order valence-corrected chi connectivity index (χ3v) is 5.08. The van der Waals surface area contributed by atoms with Crippen molar-refractivity contribution in [3.63, 3.8) is 0 Å². The Morgan fingerprint density at radius 2 is 1.69 bits per heavy atom. The summed E-state index contributed by atoms with van der Waals surface area (Å²) < 4.78 is 28.0. The summed E-state index contributed by atoms with van der Waals surface area (Å²) in [4.78, 5) is 0. The predicted molar refractivity (Wildman–Crippen MR) is 61.1 cm³/mol. The summed E-state index contributed by atoms with van der Waals surface area (Å²) in [7, 11) is -3.37. The molecule has 0 spiro atoms. The normalized spacial score (nSPS) is 33.1. The van der Waals surface area contributed by atoms with Crippen LogP contribution in [0.1, 0.15) is 38.5 Å². The van der Waals surface area contributed by atoms with Crippen molar-refractivity contribution in [1.82, 2.24) is 9.03 Å². The summed E-state index contributed by atoms with van der Waals surface area (Å²) in [5.41, 5.74) is 0. The molecule has 0 aromatic rings. The maximum absolute atomic E-state index is 12.0. The third-order valence-electron chi connectivity index (χ3n) is 3.43. The van der Waals surface area contributed by atoms with Gasteiger partial charge in [-0.25, -0.2) is 0 Å². The summed E-state index contributed by atoms with van der Waals surface area (Å²) in [5.74, 6) is 0. The predicted octanol–water partition coefficient (Wildman–Crippen LogP) is 0.220. The molecule has 1 saturated heterocycles.